The Morgan fingerprint density at radius 2 is 2.14 bits per heavy atom. The highest BCUT2D eigenvalue weighted by molar-refractivity contribution is 5.73. The summed E-state index contributed by atoms with van der Waals surface area (Å²) in [5, 5.41) is 9.00. The van der Waals surface area contributed by atoms with Crippen LogP contribution >= 0.6 is 0 Å². The van der Waals surface area contributed by atoms with E-state index in [1.54, 1.807) is 0 Å². The van der Waals surface area contributed by atoms with Gasteiger partial charge in [-0.3, -0.25) is 4.79 Å². The molecular formula is C16H22FNO3. The van der Waals surface area contributed by atoms with E-state index in [9.17, 15) is 9.18 Å². The zero-order chi connectivity index (χ0) is 15.2. The molecule has 4 nitrogen and oxygen atoms in total. The molecule has 1 aromatic carbocycles. The lowest BCUT2D eigenvalue weighted by molar-refractivity contribution is -0.138. The van der Waals surface area contributed by atoms with Gasteiger partial charge in [0.25, 0.3) is 0 Å². The molecule has 0 aliphatic heterocycles. The van der Waals surface area contributed by atoms with Gasteiger partial charge in [0.15, 0.2) is 0 Å². The van der Waals surface area contributed by atoms with Crippen LogP contribution in [0.3, 0.4) is 0 Å². The largest absolute Gasteiger partial charge is 0.491 e. The first-order valence-electron chi connectivity index (χ1n) is 7.41. The number of carboxylic acid groups (broad SMARTS) is 1. The standard InChI is InChI=1S/C16H22FNO3/c17-7-8-21-13-5-6-14(11-3-1-2-4-11)12(9-13)10-15(18)16(19)20/h5-6,9,11,15H,1-4,7-8,10,18H2,(H,19,20). The SMILES string of the molecule is NC(Cc1cc(OCCF)ccc1C1CCCC1)C(=O)O. The summed E-state index contributed by atoms with van der Waals surface area (Å²) in [4.78, 5) is 11.0. The highest BCUT2D eigenvalue weighted by Crippen LogP contribution is 2.37. The van der Waals surface area contributed by atoms with E-state index in [0.717, 1.165) is 24.0 Å². The van der Waals surface area contributed by atoms with Gasteiger partial charge in [-0.2, -0.15) is 0 Å². The fourth-order valence-electron chi connectivity index (χ4n) is 2.96. The molecular weight excluding hydrogens is 273 g/mol. The minimum absolute atomic E-state index is 0.00714. The van der Waals surface area contributed by atoms with Crippen molar-refractivity contribution in [3.63, 3.8) is 0 Å². The summed E-state index contributed by atoms with van der Waals surface area (Å²) in [7, 11) is 0. The van der Waals surface area contributed by atoms with Crippen molar-refractivity contribution in [2.45, 2.75) is 44.1 Å². The van der Waals surface area contributed by atoms with Gasteiger partial charge >= 0.3 is 5.97 Å². The monoisotopic (exact) mass is 295 g/mol. The summed E-state index contributed by atoms with van der Waals surface area (Å²) < 4.78 is 17.5. The number of halogens is 1. The second kappa shape index (κ2) is 7.41. The van der Waals surface area contributed by atoms with Crippen molar-refractivity contribution in [1.82, 2.24) is 0 Å². The van der Waals surface area contributed by atoms with Crippen molar-refractivity contribution in [2.24, 2.45) is 5.73 Å². The Labute approximate surface area is 124 Å². The molecule has 0 bridgehead atoms. The molecule has 0 saturated heterocycles. The van der Waals surface area contributed by atoms with Crippen LogP contribution in [0.25, 0.3) is 0 Å². The predicted octanol–water partition coefficient (Wildman–Crippen LogP) is 2.65. The Morgan fingerprint density at radius 3 is 2.76 bits per heavy atom. The van der Waals surface area contributed by atoms with Gasteiger partial charge < -0.3 is 15.6 Å². The van der Waals surface area contributed by atoms with E-state index in [2.05, 4.69) is 0 Å². The zero-order valence-corrected chi connectivity index (χ0v) is 12.1. The fraction of sp³-hybridized carbons (Fsp3) is 0.562. The molecule has 0 spiro atoms. The Kier molecular flexibility index (Phi) is 5.56. The third-order valence-corrected chi connectivity index (χ3v) is 4.01. The van der Waals surface area contributed by atoms with Crippen LogP contribution in [0.15, 0.2) is 18.2 Å². The molecule has 1 atom stereocenters. The van der Waals surface area contributed by atoms with Gasteiger partial charge in [0.2, 0.25) is 0 Å². The third-order valence-electron chi connectivity index (χ3n) is 4.01. The van der Waals surface area contributed by atoms with Crippen molar-refractivity contribution >= 4 is 5.97 Å². The van der Waals surface area contributed by atoms with E-state index in [-0.39, 0.29) is 13.0 Å². The lowest BCUT2D eigenvalue weighted by atomic mass is 9.90. The van der Waals surface area contributed by atoms with E-state index in [1.807, 2.05) is 18.2 Å². The molecule has 1 aromatic rings. The van der Waals surface area contributed by atoms with Gasteiger partial charge in [0, 0.05) is 0 Å². The van der Waals surface area contributed by atoms with Crippen LogP contribution in [-0.4, -0.2) is 30.4 Å². The third kappa shape index (κ3) is 4.17. The van der Waals surface area contributed by atoms with Crippen LogP contribution in [0.5, 0.6) is 5.75 Å². The second-order valence-corrected chi connectivity index (χ2v) is 5.53. The first-order valence-corrected chi connectivity index (χ1v) is 7.41. The number of ether oxygens (including phenoxy) is 1. The van der Waals surface area contributed by atoms with Gasteiger partial charge in [-0.1, -0.05) is 18.9 Å². The average Bonchev–Trinajstić information content (AvgIpc) is 2.99. The topological polar surface area (TPSA) is 72.5 Å². The maximum absolute atomic E-state index is 12.2. The van der Waals surface area contributed by atoms with E-state index >= 15 is 0 Å². The average molecular weight is 295 g/mol. The summed E-state index contributed by atoms with van der Waals surface area (Å²) in [6, 6.07) is 4.69. The predicted molar refractivity (Wildman–Crippen MR) is 78.4 cm³/mol. The minimum atomic E-state index is -1.01. The highest BCUT2D eigenvalue weighted by Gasteiger charge is 2.22. The molecule has 5 heteroatoms. The number of aliphatic carboxylic acids is 1. The summed E-state index contributed by atoms with van der Waals surface area (Å²) in [6.45, 7) is -0.540. The van der Waals surface area contributed by atoms with E-state index in [0.29, 0.717) is 11.7 Å². The molecule has 2 rings (SSSR count). The Balaban J connectivity index is 2.23. The van der Waals surface area contributed by atoms with Gasteiger partial charge in [-0.25, -0.2) is 4.39 Å². The molecule has 1 aliphatic rings. The molecule has 3 N–H and O–H groups in total. The Bertz CT molecular complexity index is 486. The van der Waals surface area contributed by atoms with Crippen molar-refractivity contribution in [2.75, 3.05) is 13.3 Å². The molecule has 116 valence electrons. The molecule has 1 unspecified atom stereocenters. The quantitative estimate of drug-likeness (QED) is 0.811. The normalized spacial score (nSPS) is 16.9. The van der Waals surface area contributed by atoms with Crippen LogP contribution in [0.1, 0.15) is 42.7 Å². The molecule has 0 heterocycles. The first kappa shape index (κ1) is 15.8. The fourth-order valence-corrected chi connectivity index (χ4v) is 2.96. The van der Waals surface area contributed by atoms with E-state index < -0.39 is 18.7 Å². The highest BCUT2D eigenvalue weighted by atomic mass is 19.1. The number of rotatable bonds is 7. The number of carboxylic acids is 1. The molecule has 1 fully saturated rings. The summed E-state index contributed by atoms with van der Waals surface area (Å²) in [5.41, 5.74) is 7.74. The van der Waals surface area contributed by atoms with Crippen LogP contribution < -0.4 is 10.5 Å². The van der Waals surface area contributed by atoms with Crippen LogP contribution in [-0.2, 0) is 11.2 Å². The lowest BCUT2D eigenvalue weighted by Crippen LogP contribution is -2.32. The number of benzene rings is 1. The Morgan fingerprint density at radius 1 is 1.43 bits per heavy atom. The number of hydrogen-bond acceptors (Lipinski definition) is 3. The molecule has 0 aromatic heterocycles. The smallest absolute Gasteiger partial charge is 0.320 e. The summed E-state index contributed by atoms with van der Waals surface area (Å²) in [5.74, 6) is 0.0284. The summed E-state index contributed by atoms with van der Waals surface area (Å²) in [6.07, 6.45) is 4.93. The number of hydrogen-bond donors (Lipinski definition) is 2. The number of alkyl halides is 1. The zero-order valence-electron chi connectivity index (χ0n) is 12.1. The van der Waals surface area contributed by atoms with Crippen molar-refractivity contribution in [3.05, 3.63) is 29.3 Å². The number of nitrogens with two attached hydrogens (primary N) is 1. The van der Waals surface area contributed by atoms with Crippen molar-refractivity contribution < 1.29 is 19.0 Å². The van der Waals surface area contributed by atoms with Gasteiger partial charge in [0.05, 0.1) is 0 Å². The van der Waals surface area contributed by atoms with Gasteiger partial charge in [0.1, 0.15) is 25.1 Å². The van der Waals surface area contributed by atoms with E-state index in [4.69, 9.17) is 15.6 Å². The van der Waals surface area contributed by atoms with Crippen LogP contribution in [0.2, 0.25) is 0 Å². The van der Waals surface area contributed by atoms with Crippen LogP contribution in [0.4, 0.5) is 4.39 Å². The van der Waals surface area contributed by atoms with Crippen molar-refractivity contribution in [3.8, 4) is 5.75 Å². The maximum atomic E-state index is 12.2. The second-order valence-electron chi connectivity index (χ2n) is 5.53. The first-order chi connectivity index (χ1) is 10.1. The van der Waals surface area contributed by atoms with Gasteiger partial charge in [-0.15, -0.1) is 0 Å². The van der Waals surface area contributed by atoms with Gasteiger partial charge in [-0.05, 0) is 48.4 Å². The molecule has 0 amide bonds. The molecule has 1 saturated carbocycles. The molecule has 1 aliphatic carbocycles. The minimum Gasteiger partial charge on any atom is -0.491 e. The Hall–Kier alpha value is -1.62. The lowest BCUT2D eigenvalue weighted by Gasteiger charge is -2.18. The van der Waals surface area contributed by atoms with E-state index in [1.165, 1.54) is 12.8 Å². The van der Waals surface area contributed by atoms with Crippen LogP contribution in [0, 0.1) is 0 Å². The van der Waals surface area contributed by atoms with Crippen molar-refractivity contribution in [1.29, 1.82) is 0 Å². The summed E-state index contributed by atoms with van der Waals surface area (Å²) >= 11 is 0. The maximum Gasteiger partial charge on any atom is 0.320 e. The molecule has 21 heavy (non-hydrogen) atoms. The number of carbonyl (C=O) groups is 1. The molecule has 0 radical (unpaired) electrons.